The van der Waals surface area contributed by atoms with Crippen molar-refractivity contribution < 1.29 is 14.3 Å². The molecule has 0 bridgehead atoms. The van der Waals surface area contributed by atoms with E-state index in [0.29, 0.717) is 11.1 Å². The van der Waals surface area contributed by atoms with Crippen molar-refractivity contribution >= 4 is 22.7 Å². The lowest BCUT2D eigenvalue weighted by molar-refractivity contribution is 0.0390. The van der Waals surface area contributed by atoms with Crippen molar-refractivity contribution in [1.82, 2.24) is 0 Å². The Morgan fingerprint density at radius 3 is 2.59 bits per heavy atom. The lowest BCUT2D eigenvalue weighted by Gasteiger charge is -2.18. The Morgan fingerprint density at radius 1 is 1.06 bits per heavy atom. The molecular formula is C14H10O3. The van der Waals surface area contributed by atoms with E-state index >= 15 is 0 Å². The van der Waals surface area contributed by atoms with Gasteiger partial charge in [-0.25, -0.2) is 9.59 Å². The summed E-state index contributed by atoms with van der Waals surface area (Å²) in [4.78, 5) is 23.4. The van der Waals surface area contributed by atoms with Crippen molar-refractivity contribution in [3.63, 3.8) is 0 Å². The van der Waals surface area contributed by atoms with Crippen LogP contribution in [0.4, 0.5) is 0 Å². The average molecular weight is 226 g/mol. The van der Waals surface area contributed by atoms with Gasteiger partial charge in [0.2, 0.25) is 0 Å². The summed E-state index contributed by atoms with van der Waals surface area (Å²) in [5, 5.41) is 1.63. The zero-order valence-corrected chi connectivity index (χ0v) is 9.53. The molecule has 0 N–H and O–H groups in total. The highest BCUT2D eigenvalue weighted by Crippen LogP contribution is 2.32. The quantitative estimate of drug-likeness (QED) is 0.512. The number of hydrogen-bond donors (Lipinski definition) is 0. The van der Waals surface area contributed by atoms with Gasteiger partial charge in [0.25, 0.3) is 0 Å². The van der Waals surface area contributed by atoms with Gasteiger partial charge in [0.1, 0.15) is 0 Å². The maximum Gasteiger partial charge on any atom is 0.346 e. The Hall–Kier alpha value is -2.16. The topological polar surface area (TPSA) is 43.4 Å². The molecule has 0 radical (unpaired) electrons. The summed E-state index contributed by atoms with van der Waals surface area (Å²) in [6.07, 6.45) is 0. The minimum atomic E-state index is -0.559. The first kappa shape index (κ1) is 10.0. The van der Waals surface area contributed by atoms with Gasteiger partial charge in [-0.2, -0.15) is 0 Å². The largest absolute Gasteiger partial charge is 0.386 e. The molecule has 2 aromatic rings. The Labute approximate surface area is 98.0 Å². The van der Waals surface area contributed by atoms with E-state index in [1.807, 2.05) is 26.0 Å². The molecule has 0 unspecified atom stereocenters. The number of aryl methyl sites for hydroxylation is 1. The number of carbonyl (C=O) groups is 2. The molecule has 17 heavy (non-hydrogen) atoms. The first-order valence-electron chi connectivity index (χ1n) is 5.39. The van der Waals surface area contributed by atoms with E-state index in [2.05, 4.69) is 0 Å². The molecule has 84 valence electrons. The Bertz CT molecular complexity index is 683. The summed E-state index contributed by atoms with van der Waals surface area (Å²) in [5.74, 6) is -1.10. The normalized spacial score (nSPS) is 14.0. The summed E-state index contributed by atoms with van der Waals surface area (Å²) >= 11 is 0. The van der Waals surface area contributed by atoms with Crippen LogP contribution in [0.3, 0.4) is 0 Å². The maximum absolute atomic E-state index is 11.8. The van der Waals surface area contributed by atoms with Crippen LogP contribution in [0.2, 0.25) is 0 Å². The minimum Gasteiger partial charge on any atom is -0.386 e. The lowest BCUT2D eigenvalue weighted by atomic mass is 9.91. The average Bonchev–Trinajstić information content (AvgIpc) is 2.28. The number of carbonyl (C=O) groups excluding carboxylic acids is 2. The van der Waals surface area contributed by atoms with E-state index in [-0.39, 0.29) is 0 Å². The van der Waals surface area contributed by atoms with Crippen LogP contribution in [0.25, 0.3) is 10.8 Å². The smallest absolute Gasteiger partial charge is 0.346 e. The van der Waals surface area contributed by atoms with Gasteiger partial charge in [0.15, 0.2) is 0 Å². The molecule has 0 spiro atoms. The SMILES string of the molecule is Cc1cc2cccc3c2c(c1C)C(=O)OC3=O. The van der Waals surface area contributed by atoms with Crippen LogP contribution in [-0.4, -0.2) is 11.9 Å². The zero-order chi connectivity index (χ0) is 12.2. The van der Waals surface area contributed by atoms with Gasteiger partial charge in [-0.3, -0.25) is 0 Å². The lowest BCUT2D eigenvalue weighted by Crippen LogP contribution is -2.21. The van der Waals surface area contributed by atoms with E-state index in [9.17, 15) is 9.59 Å². The fourth-order valence-electron chi connectivity index (χ4n) is 2.31. The molecule has 1 heterocycles. The zero-order valence-electron chi connectivity index (χ0n) is 9.53. The molecule has 0 saturated carbocycles. The summed E-state index contributed by atoms with van der Waals surface area (Å²) < 4.78 is 4.76. The number of ether oxygens (including phenoxy) is 1. The summed E-state index contributed by atoms with van der Waals surface area (Å²) in [5.41, 5.74) is 2.90. The van der Waals surface area contributed by atoms with Gasteiger partial charge >= 0.3 is 11.9 Å². The van der Waals surface area contributed by atoms with Crippen molar-refractivity contribution in [2.24, 2.45) is 0 Å². The second kappa shape index (κ2) is 3.17. The van der Waals surface area contributed by atoms with E-state index in [1.54, 1.807) is 12.1 Å². The summed E-state index contributed by atoms with van der Waals surface area (Å²) in [6, 6.07) is 7.38. The highest BCUT2D eigenvalue weighted by Gasteiger charge is 2.29. The second-order valence-electron chi connectivity index (χ2n) is 4.27. The van der Waals surface area contributed by atoms with Crippen LogP contribution in [-0.2, 0) is 4.74 Å². The van der Waals surface area contributed by atoms with Crippen molar-refractivity contribution in [2.75, 3.05) is 0 Å². The van der Waals surface area contributed by atoms with Crippen LogP contribution in [0.15, 0.2) is 24.3 Å². The van der Waals surface area contributed by atoms with Crippen molar-refractivity contribution in [2.45, 2.75) is 13.8 Å². The van der Waals surface area contributed by atoms with Crippen molar-refractivity contribution in [3.8, 4) is 0 Å². The first-order valence-corrected chi connectivity index (χ1v) is 5.39. The van der Waals surface area contributed by atoms with Gasteiger partial charge in [0.05, 0.1) is 11.1 Å². The minimum absolute atomic E-state index is 0.472. The number of benzene rings is 2. The third-order valence-electron chi connectivity index (χ3n) is 3.29. The molecule has 0 aromatic heterocycles. The third-order valence-corrected chi connectivity index (χ3v) is 3.29. The van der Waals surface area contributed by atoms with Crippen LogP contribution >= 0.6 is 0 Å². The molecule has 3 rings (SSSR count). The van der Waals surface area contributed by atoms with Crippen molar-refractivity contribution in [3.05, 3.63) is 46.5 Å². The number of hydrogen-bond acceptors (Lipinski definition) is 3. The highest BCUT2D eigenvalue weighted by molar-refractivity contribution is 6.21. The molecule has 0 saturated heterocycles. The highest BCUT2D eigenvalue weighted by atomic mass is 16.6. The summed E-state index contributed by atoms with van der Waals surface area (Å²) in [6.45, 7) is 3.82. The number of rotatable bonds is 0. The standard InChI is InChI=1S/C14H10O3/c1-7-6-9-4-3-5-10-12(9)11(8(7)2)14(16)17-13(10)15/h3-6H,1-2H3. The predicted molar refractivity (Wildman–Crippen MR) is 63.2 cm³/mol. The Balaban J connectivity index is 2.60. The maximum atomic E-state index is 11.8. The molecule has 3 nitrogen and oxygen atoms in total. The van der Waals surface area contributed by atoms with E-state index in [0.717, 1.165) is 21.9 Å². The molecule has 2 aromatic carbocycles. The van der Waals surface area contributed by atoms with Gasteiger partial charge in [-0.05, 0) is 36.4 Å². The Morgan fingerprint density at radius 2 is 1.82 bits per heavy atom. The fraction of sp³-hybridized carbons (Fsp3) is 0.143. The van der Waals surface area contributed by atoms with E-state index in [4.69, 9.17) is 4.74 Å². The first-order chi connectivity index (χ1) is 8.09. The third kappa shape index (κ3) is 1.22. The van der Waals surface area contributed by atoms with E-state index in [1.165, 1.54) is 0 Å². The molecule has 3 heteroatoms. The molecule has 0 amide bonds. The molecule has 1 aliphatic rings. The van der Waals surface area contributed by atoms with Gasteiger partial charge in [0, 0.05) is 5.39 Å². The fourth-order valence-corrected chi connectivity index (χ4v) is 2.31. The number of cyclic esters (lactones) is 2. The van der Waals surface area contributed by atoms with Gasteiger partial charge in [-0.15, -0.1) is 0 Å². The van der Waals surface area contributed by atoms with Crippen LogP contribution in [0.5, 0.6) is 0 Å². The molecule has 0 aliphatic carbocycles. The monoisotopic (exact) mass is 226 g/mol. The van der Waals surface area contributed by atoms with Crippen LogP contribution in [0.1, 0.15) is 31.8 Å². The molecule has 1 aliphatic heterocycles. The second-order valence-corrected chi connectivity index (χ2v) is 4.27. The van der Waals surface area contributed by atoms with Crippen LogP contribution < -0.4 is 0 Å². The van der Waals surface area contributed by atoms with E-state index < -0.39 is 11.9 Å². The number of esters is 2. The summed E-state index contributed by atoms with van der Waals surface area (Å²) in [7, 11) is 0. The van der Waals surface area contributed by atoms with Crippen LogP contribution in [0, 0.1) is 13.8 Å². The molecular weight excluding hydrogens is 216 g/mol. The van der Waals surface area contributed by atoms with Gasteiger partial charge in [-0.1, -0.05) is 18.2 Å². The Kier molecular flexibility index (Phi) is 1.87. The van der Waals surface area contributed by atoms with Gasteiger partial charge < -0.3 is 4.74 Å². The molecule has 0 fully saturated rings. The van der Waals surface area contributed by atoms with Crippen molar-refractivity contribution in [1.29, 1.82) is 0 Å². The molecule has 0 atom stereocenters. The predicted octanol–water partition coefficient (Wildman–Crippen LogP) is 2.77.